The second-order valence-corrected chi connectivity index (χ2v) is 7.07. The Bertz CT molecular complexity index is 724. The SMILES string of the molecule is CC(=CCC(C)(c1ccc(CCO)cc1)c1ccc(CCO)cc1)C(=O)O. The van der Waals surface area contributed by atoms with Gasteiger partial charge in [-0.05, 0) is 48.4 Å². The minimum atomic E-state index is -0.908. The van der Waals surface area contributed by atoms with Crippen molar-refractivity contribution < 1.29 is 20.1 Å². The van der Waals surface area contributed by atoms with Gasteiger partial charge >= 0.3 is 5.97 Å². The topological polar surface area (TPSA) is 77.8 Å². The summed E-state index contributed by atoms with van der Waals surface area (Å²) in [4.78, 5) is 11.2. The summed E-state index contributed by atoms with van der Waals surface area (Å²) >= 11 is 0. The molecule has 2 aromatic carbocycles. The molecule has 0 heterocycles. The van der Waals surface area contributed by atoms with Gasteiger partial charge in [-0.1, -0.05) is 61.5 Å². The molecular weight excluding hydrogens is 340 g/mol. The van der Waals surface area contributed by atoms with Gasteiger partial charge < -0.3 is 15.3 Å². The molecule has 0 radical (unpaired) electrons. The van der Waals surface area contributed by atoms with Crippen molar-refractivity contribution in [1.29, 1.82) is 0 Å². The number of rotatable bonds is 9. The highest BCUT2D eigenvalue weighted by Gasteiger charge is 2.28. The van der Waals surface area contributed by atoms with Crippen LogP contribution < -0.4 is 0 Å². The number of aliphatic hydroxyl groups excluding tert-OH is 2. The third-order valence-corrected chi connectivity index (χ3v) is 5.14. The van der Waals surface area contributed by atoms with Gasteiger partial charge in [0.2, 0.25) is 0 Å². The molecule has 0 aliphatic heterocycles. The Kier molecular flexibility index (Phi) is 7.34. The average Bonchev–Trinajstić information content (AvgIpc) is 2.67. The summed E-state index contributed by atoms with van der Waals surface area (Å²) in [5, 5.41) is 27.4. The lowest BCUT2D eigenvalue weighted by atomic mass is 9.73. The van der Waals surface area contributed by atoms with Gasteiger partial charge in [-0.3, -0.25) is 0 Å². The van der Waals surface area contributed by atoms with E-state index in [4.69, 9.17) is 10.2 Å². The van der Waals surface area contributed by atoms with Crippen LogP contribution in [0.4, 0.5) is 0 Å². The van der Waals surface area contributed by atoms with Crippen molar-refractivity contribution in [3.05, 3.63) is 82.4 Å². The molecule has 3 N–H and O–H groups in total. The van der Waals surface area contributed by atoms with Crippen molar-refractivity contribution in [1.82, 2.24) is 0 Å². The Morgan fingerprint density at radius 2 is 1.30 bits per heavy atom. The molecule has 27 heavy (non-hydrogen) atoms. The van der Waals surface area contributed by atoms with E-state index in [1.165, 1.54) is 0 Å². The molecule has 0 bridgehead atoms. The minimum absolute atomic E-state index is 0.115. The zero-order valence-corrected chi connectivity index (χ0v) is 16.0. The molecule has 0 unspecified atom stereocenters. The number of carboxylic acids is 1. The van der Waals surface area contributed by atoms with Gasteiger partial charge in [0, 0.05) is 24.2 Å². The van der Waals surface area contributed by atoms with Gasteiger partial charge in [0.25, 0.3) is 0 Å². The number of benzene rings is 2. The predicted octanol–water partition coefficient (Wildman–Crippen LogP) is 3.48. The Balaban J connectivity index is 2.43. The van der Waals surface area contributed by atoms with Crippen molar-refractivity contribution in [3.63, 3.8) is 0 Å². The summed E-state index contributed by atoms with van der Waals surface area (Å²) < 4.78 is 0. The van der Waals surface area contributed by atoms with E-state index in [9.17, 15) is 9.90 Å². The van der Waals surface area contributed by atoms with Crippen molar-refractivity contribution in [3.8, 4) is 0 Å². The summed E-state index contributed by atoms with van der Waals surface area (Å²) in [6.45, 7) is 3.95. The fourth-order valence-electron chi connectivity index (χ4n) is 3.18. The van der Waals surface area contributed by atoms with Crippen molar-refractivity contribution in [2.75, 3.05) is 13.2 Å². The van der Waals surface area contributed by atoms with Gasteiger partial charge in [0.05, 0.1) is 0 Å². The Morgan fingerprint density at radius 1 is 0.889 bits per heavy atom. The van der Waals surface area contributed by atoms with E-state index in [0.29, 0.717) is 24.8 Å². The molecule has 2 aromatic rings. The van der Waals surface area contributed by atoms with E-state index < -0.39 is 5.97 Å². The molecule has 0 aromatic heterocycles. The molecule has 0 saturated carbocycles. The first-order chi connectivity index (χ1) is 12.9. The largest absolute Gasteiger partial charge is 0.478 e. The summed E-state index contributed by atoms with van der Waals surface area (Å²) in [6, 6.07) is 16.3. The molecule has 0 spiro atoms. The number of hydrogen-bond donors (Lipinski definition) is 3. The zero-order valence-electron chi connectivity index (χ0n) is 16.0. The zero-order chi connectivity index (χ0) is 19.9. The van der Waals surface area contributed by atoms with E-state index in [0.717, 1.165) is 22.3 Å². The number of hydrogen-bond acceptors (Lipinski definition) is 3. The maximum atomic E-state index is 11.2. The quantitative estimate of drug-likeness (QED) is 0.592. The van der Waals surface area contributed by atoms with Crippen LogP contribution in [0.3, 0.4) is 0 Å². The van der Waals surface area contributed by atoms with Gasteiger partial charge in [0.15, 0.2) is 0 Å². The first-order valence-electron chi connectivity index (χ1n) is 9.21. The molecule has 144 valence electrons. The van der Waals surface area contributed by atoms with E-state index in [-0.39, 0.29) is 18.6 Å². The lowest BCUT2D eigenvalue weighted by molar-refractivity contribution is -0.132. The van der Waals surface area contributed by atoms with Gasteiger partial charge in [-0.15, -0.1) is 0 Å². The Hall–Kier alpha value is -2.43. The first-order valence-corrected chi connectivity index (χ1v) is 9.21. The lowest BCUT2D eigenvalue weighted by Crippen LogP contribution is -2.23. The molecule has 2 rings (SSSR count). The smallest absolute Gasteiger partial charge is 0.330 e. The van der Waals surface area contributed by atoms with Gasteiger partial charge in [-0.25, -0.2) is 4.79 Å². The highest BCUT2D eigenvalue weighted by molar-refractivity contribution is 5.85. The standard InChI is InChI=1S/C23H28O4/c1-17(22(26)27)11-14-23(2,20-7-3-18(4-8-20)12-15-24)21-9-5-19(6-10-21)13-16-25/h3-11,24-25H,12-16H2,1-2H3,(H,26,27). The summed E-state index contributed by atoms with van der Waals surface area (Å²) in [5.41, 5.74) is 4.27. The molecule has 0 saturated heterocycles. The van der Waals surface area contributed by atoms with Crippen molar-refractivity contribution >= 4 is 5.97 Å². The molecular formula is C23H28O4. The molecule has 0 aliphatic rings. The average molecular weight is 368 g/mol. The van der Waals surface area contributed by atoms with Gasteiger partial charge in [-0.2, -0.15) is 0 Å². The second-order valence-electron chi connectivity index (χ2n) is 7.07. The molecule has 0 fully saturated rings. The highest BCUT2D eigenvalue weighted by atomic mass is 16.4. The third-order valence-electron chi connectivity index (χ3n) is 5.14. The normalized spacial score (nSPS) is 12.2. The van der Waals surface area contributed by atoms with Crippen LogP contribution >= 0.6 is 0 Å². The van der Waals surface area contributed by atoms with Crippen LogP contribution in [-0.2, 0) is 23.1 Å². The van der Waals surface area contributed by atoms with E-state index in [1.807, 2.05) is 24.3 Å². The van der Waals surface area contributed by atoms with E-state index >= 15 is 0 Å². The summed E-state index contributed by atoms with van der Waals surface area (Å²) in [5.74, 6) is -0.908. The van der Waals surface area contributed by atoms with Crippen LogP contribution in [0.2, 0.25) is 0 Å². The highest BCUT2D eigenvalue weighted by Crippen LogP contribution is 2.36. The van der Waals surface area contributed by atoms with Crippen molar-refractivity contribution in [2.45, 2.75) is 38.5 Å². The van der Waals surface area contributed by atoms with Crippen LogP contribution in [0.25, 0.3) is 0 Å². The lowest BCUT2D eigenvalue weighted by Gasteiger charge is -2.30. The number of carboxylic acid groups (broad SMARTS) is 1. The second kappa shape index (κ2) is 9.49. The minimum Gasteiger partial charge on any atom is -0.478 e. The predicted molar refractivity (Wildman–Crippen MR) is 107 cm³/mol. The van der Waals surface area contributed by atoms with Gasteiger partial charge in [0.1, 0.15) is 0 Å². The molecule has 4 nitrogen and oxygen atoms in total. The molecule has 4 heteroatoms. The van der Waals surface area contributed by atoms with E-state index in [2.05, 4.69) is 31.2 Å². The Morgan fingerprint density at radius 3 is 1.63 bits per heavy atom. The summed E-state index contributed by atoms with van der Waals surface area (Å²) in [7, 11) is 0. The summed E-state index contributed by atoms with van der Waals surface area (Å²) in [6.07, 6.45) is 3.56. The maximum Gasteiger partial charge on any atom is 0.330 e. The van der Waals surface area contributed by atoms with Crippen LogP contribution in [0.15, 0.2) is 60.2 Å². The van der Waals surface area contributed by atoms with Crippen LogP contribution in [0.5, 0.6) is 0 Å². The molecule has 0 atom stereocenters. The fourth-order valence-corrected chi connectivity index (χ4v) is 3.18. The maximum absolute atomic E-state index is 11.2. The third kappa shape index (κ3) is 5.28. The fraction of sp³-hybridized carbons (Fsp3) is 0.348. The van der Waals surface area contributed by atoms with Crippen LogP contribution in [0, 0.1) is 0 Å². The van der Waals surface area contributed by atoms with Crippen LogP contribution in [0.1, 0.15) is 42.5 Å². The number of carbonyl (C=O) groups is 1. The number of aliphatic hydroxyl groups is 2. The number of aliphatic carboxylic acids is 1. The first kappa shape index (κ1) is 20.9. The molecule has 0 aliphatic carbocycles. The van der Waals surface area contributed by atoms with Crippen molar-refractivity contribution in [2.24, 2.45) is 0 Å². The molecule has 0 amide bonds. The Labute approximate surface area is 160 Å². The number of allylic oxidation sites excluding steroid dienone is 1. The van der Waals surface area contributed by atoms with Crippen LogP contribution in [-0.4, -0.2) is 34.5 Å². The monoisotopic (exact) mass is 368 g/mol. The van der Waals surface area contributed by atoms with E-state index in [1.54, 1.807) is 13.0 Å².